The predicted octanol–water partition coefficient (Wildman–Crippen LogP) is 3.70. The van der Waals surface area contributed by atoms with Gasteiger partial charge in [0, 0.05) is 17.4 Å². The van der Waals surface area contributed by atoms with E-state index in [1.165, 1.54) is 0 Å². The number of nitrogens with zero attached hydrogens (tertiary/aromatic N) is 3. The SMILES string of the molecule is CCc1ccccc1NC(=O)c1noc(C)c1Cn1cc(Cl)cn1. The van der Waals surface area contributed by atoms with E-state index in [0.29, 0.717) is 22.9 Å². The van der Waals surface area contributed by atoms with Gasteiger partial charge in [0.25, 0.3) is 5.91 Å². The van der Waals surface area contributed by atoms with E-state index in [1.54, 1.807) is 24.0 Å². The topological polar surface area (TPSA) is 73.0 Å². The molecule has 0 saturated carbocycles. The van der Waals surface area contributed by atoms with E-state index in [-0.39, 0.29) is 11.6 Å². The molecule has 2 heterocycles. The molecule has 0 aliphatic carbocycles. The Kier molecular flexibility index (Phi) is 4.66. The number of aryl methyl sites for hydroxylation is 2. The van der Waals surface area contributed by atoms with Crippen molar-refractivity contribution in [2.75, 3.05) is 5.32 Å². The van der Waals surface area contributed by atoms with Crippen LogP contribution in [0.15, 0.2) is 41.2 Å². The molecule has 2 aromatic heterocycles. The number of rotatable bonds is 5. The Balaban J connectivity index is 1.85. The fraction of sp³-hybridized carbons (Fsp3) is 0.235. The maximum Gasteiger partial charge on any atom is 0.278 e. The predicted molar refractivity (Wildman–Crippen MR) is 91.4 cm³/mol. The van der Waals surface area contributed by atoms with E-state index < -0.39 is 0 Å². The molecule has 0 spiro atoms. The highest BCUT2D eigenvalue weighted by Crippen LogP contribution is 2.20. The molecule has 3 aromatic rings. The molecular weight excluding hydrogens is 328 g/mol. The summed E-state index contributed by atoms with van der Waals surface area (Å²) in [6.07, 6.45) is 4.05. The van der Waals surface area contributed by atoms with Gasteiger partial charge in [0.05, 0.1) is 17.8 Å². The number of hydrogen-bond donors (Lipinski definition) is 1. The van der Waals surface area contributed by atoms with Gasteiger partial charge < -0.3 is 9.84 Å². The van der Waals surface area contributed by atoms with Crippen molar-refractivity contribution >= 4 is 23.2 Å². The van der Waals surface area contributed by atoms with E-state index >= 15 is 0 Å². The first kappa shape index (κ1) is 16.3. The quantitative estimate of drug-likeness (QED) is 0.766. The van der Waals surface area contributed by atoms with Crippen LogP contribution >= 0.6 is 11.6 Å². The molecule has 1 aromatic carbocycles. The average Bonchev–Trinajstić information content (AvgIpc) is 3.15. The minimum Gasteiger partial charge on any atom is -0.361 e. The molecule has 0 aliphatic rings. The highest BCUT2D eigenvalue weighted by Gasteiger charge is 2.21. The van der Waals surface area contributed by atoms with Gasteiger partial charge in [0.1, 0.15) is 5.76 Å². The zero-order valence-electron chi connectivity index (χ0n) is 13.4. The molecule has 1 amide bonds. The molecule has 0 aliphatic heterocycles. The molecule has 0 atom stereocenters. The van der Waals surface area contributed by atoms with Crippen molar-refractivity contribution in [2.24, 2.45) is 0 Å². The van der Waals surface area contributed by atoms with Crippen molar-refractivity contribution in [3.63, 3.8) is 0 Å². The van der Waals surface area contributed by atoms with Crippen molar-refractivity contribution in [3.8, 4) is 0 Å². The van der Waals surface area contributed by atoms with Gasteiger partial charge in [-0.15, -0.1) is 0 Å². The first-order chi connectivity index (χ1) is 11.6. The molecule has 0 unspecified atom stereocenters. The summed E-state index contributed by atoms with van der Waals surface area (Å²) in [5.41, 5.74) is 2.77. The van der Waals surface area contributed by atoms with Gasteiger partial charge in [-0.3, -0.25) is 9.48 Å². The molecule has 1 N–H and O–H groups in total. The van der Waals surface area contributed by atoms with Gasteiger partial charge in [-0.05, 0) is 25.0 Å². The summed E-state index contributed by atoms with van der Waals surface area (Å²) in [5.74, 6) is 0.275. The molecule has 6 nitrogen and oxygen atoms in total. The van der Waals surface area contributed by atoms with E-state index in [4.69, 9.17) is 16.1 Å². The van der Waals surface area contributed by atoms with Crippen molar-refractivity contribution in [1.29, 1.82) is 0 Å². The van der Waals surface area contributed by atoms with Crippen molar-refractivity contribution in [2.45, 2.75) is 26.8 Å². The van der Waals surface area contributed by atoms with Crippen molar-refractivity contribution in [1.82, 2.24) is 14.9 Å². The van der Waals surface area contributed by atoms with Crippen LogP contribution in [0.3, 0.4) is 0 Å². The van der Waals surface area contributed by atoms with E-state index in [0.717, 1.165) is 17.7 Å². The van der Waals surface area contributed by atoms with Crippen LogP contribution in [0.1, 0.15) is 34.3 Å². The number of anilines is 1. The normalized spacial score (nSPS) is 10.8. The Hall–Kier alpha value is -2.60. The zero-order chi connectivity index (χ0) is 17.1. The fourth-order valence-electron chi connectivity index (χ4n) is 2.47. The number of carbonyl (C=O) groups excluding carboxylic acids is 1. The van der Waals surface area contributed by atoms with Crippen LogP contribution in [-0.2, 0) is 13.0 Å². The first-order valence-corrected chi connectivity index (χ1v) is 7.98. The second-order valence-corrected chi connectivity index (χ2v) is 5.82. The summed E-state index contributed by atoms with van der Waals surface area (Å²) >= 11 is 5.88. The van der Waals surface area contributed by atoms with Crippen LogP contribution in [0.5, 0.6) is 0 Å². The zero-order valence-corrected chi connectivity index (χ0v) is 14.2. The maximum absolute atomic E-state index is 12.6. The van der Waals surface area contributed by atoms with Gasteiger partial charge in [-0.1, -0.05) is 41.9 Å². The number of benzene rings is 1. The van der Waals surface area contributed by atoms with Gasteiger partial charge >= 0.3 is 0 Å². The second-order valence-electron chi connectivity index (χ2n) is 5.39. The average molecular weight is 345 g/mol. The second kappa shape index (κ2) is 6.88. The van der Waals surface area contributed by atoms with Crippen LogP contribution in [0.4, 0.5) is 5.69 Å². The number of amides is 1. The molecule has 124 valence electrons. The molecule has 3 rings (SSSR count). The summed E-state index contributed by atoms with van der Waals surface area (Å²) in [4.78, 5) is 12.6. The molecule has 0 radical (unpaired) electrons. The summed E-state index contributed by atoms with van der Waals surface area (Å²) in [5, 5.41) is 11.5. The lowest BCUT2D eigenvalue weighted by Crippen LogP contribution is -2.16. The number of nitrogens with one attached hydrogen (secondary N) is 1. The van der Waals surface area contributed by atoms with Crippen LogP contribution in [0, 0.1) is 6.92 Å². The highest BCUT2D eigenvalue weighted by atomic mass is 35.5. The van der Waals surface area contributed by atoms with Gasteiger partial charge in [0.15, 0.2) is 5.69 Å². The van der Waals surface area contributed by atoms with Crippen molar-refractivity contribution < 1.29 is 9.32 Å². The molecule has 7 heteroatoms. The Morgan fingerprint density at radius 3 is 2.88 bits per heavy atom. The lowest BCUT2D eigenvalue weighted by molar-refractivity contribution is 0.101. The van der Waals surface area contributed by atoms with E-state index in [9.17, 15) is 4.79 Å². The summed E-state index contributed by atoms with van der Waals surface area (Å²) in [6, 6.07) is 7.68. The molecule has 0 saturated heterocycles. The minimum atomic E-state index is -0.305. The largest absolute Gasteiger partial charge is 0.361 e. The standard InChI is InChI=1S/C17H17ClN4O2/c1-3-12-6-4-5-7-15(12)20-17(23)16-14(11(2)24-21-16)10-22-9-13(18)8-19-22/h4-9H,3,10H2,1-2H3,(H,20,23). The Labute approximate surface area is 144 Å². The molecule has 0 fully saturated rings. The molecular formula is C17H17ClN4O2. The maximum atomic E-state index is 12.6. The third-order valence-electron chi connectivity index (χ3n) is 3.77. The van der Waals surface area contributed by atoms with Crippen molar-refractivity contribution in [3.05, 3.63) is 64.3 Å². The third kappa shape index (κ3) is 3.33. The summed E-state index contributed by atoms with van der Waals surface area (Å²) in [7, 11) is 0. The van der Waals surface area contributed by atoms with Crippen LogP contribution in [-0.4, -0.2) is 20.8 Å². The monoisotopic (exact) mass is 344 g/mol. The third-order valence-corrected chi connectivity index (χ3v) is 3.96. The van der Waals surface area contributed by atoms with Crippen LogP contribution in [0.25, 0.3) is 0 Å². The molecule has 0 bridgehead atoms. The van der Waals surface area contributed by atoms with Gasteiger partial charge in [-0.25, -0.2) is 0 Å². The van der Waals surface area contributed by atoms with Crippen LogP contribution in [0.2, 0.25) is 5.02 Å². The highest BCUT2D eigenvalue weighted by molar-refractivity contribution is 6.30. The Bertz CT molecular complexity index is 869. The summed E-state index contributed by atoms with van der Waals surface area (Å²) in [6.45, 7) is 4.17. The van der Waals surface area contributed by atoms with Gasteiger partial charge in [-0.2, -0.15) is 5.10 Å². The summed E-state index contributed by atoms with van der Waals surface area (Å²) < 4.78 is 6.84. The van der Waals surface area contributed by atoms with Crippen LogP contribution < -0.4 is 5.32 Å². The number of para-hydroxylation sites is 1. The molecule has 24 heavy (non-hydrogen) atoms. The van der Waals surface area contributed by atoms with E-state index in [1.807, 2.05) is 31.2 Å². The smallest absolute Gasteiger partial charge is 0.278 e. The number of carbonyl (C=O) groups is 1. The lowest BCUT2D eigenvalue weighted by Gasteiger charge is -2.09. The Morgan fingerprint density at radius 1 is 1.38 bits per heavy atom. The number of halogens is 1. The Morgan fingerprint density at radius 2 is 2.17 bits per heavy atom. The lowest BCUT2D eigenvalue weighted by atomic mass is 10.1. The fourth-order valence-corrected chi connectivity index (χ4v) is 2.63. The minimum absolute atomic E-state index is 0.255. The number of hydrogen-bond acceptors (Lipinski definition) is 4. The number of aromatic nitrogens is 3. The first-order valence-electron chi connectivity index (χ1n) is 7.60. The van der Waals surface area contributed by atoms with Gasteiger partial charge in [0.2, 0.25) is 0 Å². The van der Waals surface area contributed by atoms with E-state index in [2.05, 4.69) is 15.6 Å².